The molecule has 4 unspecified atom stereocenters. The number of fused-ring (bicyclic) bond motifs is 10. The first-order chi connectivity index (χ1) is 17.6. The number of hydrogen-bond donors (Lipinski definition) is 0. The van der Waals surface area contributed by atoms with E-state index in [0.29, 0.717) is 10.8 Å². The van der Waals surface area contributed by atoms with Crippen molar-refractivity contribution < 1.29 is 4.92 Å². The molecule has 3 heteroatoms. The summed E-state index contributed by atoms with van der Waals surface area (Å²) in [7, 11) is 0. The number of nitro groups is 1. The Kier molecular flexibility index (Phi) is 3.43. The Hall–Kier alpha value is -3.46. The van der Waals surface area contributed by atoms with E-state index in [9.17, 15) is 10.1 Å². The van der Waals surface area contributed by atoms with Crippen LogP contribution in [0.15, 0.2) is 78.9 Å². The summed E-state index contributed by atoms with van der Waals surface area (Å²) in [5.74, 6) is 3.24. The largest absolute Gasteiger partial charge is 0.284 e. The predicted molar refractivity (Wildman–Crippen MR) is 142 cm³/mol. The SMILES string of the molecule is O=[N+]([O-])c1c(-c2cccc3c2-c2ccccc2C32C3CC4CC5CC2C3(C4)C5)ccc2ccccc12. The normalized spacial score (nSPS) is 34.0. The molecule has 2 spiro atoms. The second-order valence-electron chi connectivity index (χ2n) is 12.3. The molecular formula is C33H27NO2. The molecule has 36 heavy (non-hydrogen) atoms. The molecule has 0 aliphatic heterocycles. The van der Waals surface area contributed by atoms with E-state index >= 15 is 0 Å². The molecule has 3 bridgehead atoms. The van der Waals surface area contributed by atoms with Crippen molar-refractivity contribution in [3.05, 3.63) is 100 Å². The van der Waals surface area contributed by atoms with Crippen LogP contribution in [-0.2, 0) is 5.41 Å². The van der Waals surface area contributed by atoms with Crippen molar-refractivity contribution in [3.63, 3.8) is 0 Å². The third kappa shape index (κ3) is 2.00. The maximum atomic E-state index is 12.5. The lowest BCUT2D eigenvalue weighted by Gasteiger charge is -2.64. The molecule has 0 amide bonds. The van der Waals surface area contributed by atoms with Gasteiger partial charge in [-0.05, 0) is 107 Å². The van der Waals surface area contributed by atoms with Crippen LogP contribution in [0.4, 0.5) is 5.69 Å². The second-order valence-corrected chi connectivity index (χ2v) is 12.3. The molecule has 5 aliphatic carbocycles. The van der Waals surface area contributed by atoms with E-state index in [1.165, 1.54) is 54.4 Å². The van der Waals surface area contributed by atoms with Gasteiger partial charge < -0.3 is 0 Å². The summed E-state index contributed by atoms with van der Waals surface area (Å²) >= 11 is 0. The molecule has 176 valence electrons. The first-order valence-electron chi connectivity index (χ1n) is 13.5. The van der Waals surface area contributed by atoms with E-state index in [1.807, 2.05) is 36.4 Å². The highest BCUT2D eigenvalue weighted by Crippen LogP contribution is 2.85. The summed E-state index contributed by atoms with van der Waals surface area (Å²) in [5, 5.41) is 14.1. The van der Waals surface area contributed by atoms with Crippen LogP contribution >= 0.6 is 0 Å². The van der Waals surface area contributed by atoms with Gasteiger partial charge in [0.15, 0.2) is 0 Å². The second kappa shape index (κ2) is 6.26. The fraction of sp³-hybridized carbons (Fsp3) is 0.333. The van der Waals surface area contributed by atoms with Gasteiger partial charge in [-0.15, -0.1) is 0 Å². The van der Waals surface area contributed by atoms with E-state index in [4.69, 9.17) is 0 Å². The van der Waals surface area contributed by atoms with E-state index < -0.39 is 0 Å². The molecule has 0 saturated heterocycles. The molecule has 4 saturated carbocycles. The highest BCUT2D eigenvalue weighted by atomic mass is 16.6. The van der Waals surface area contributed by atoms with Crippen molar-refractivity contribution in [2.75, 3.05) is 0 Å². The number of rotatable bonds is 2. The molecule has 5 aliphatic rings. The van der Waals surface area contributed by atoms with Crippen molar-refractivity contribution in [2.24, 2.45) is 29.1 Å². The van der Waals surface area contributed by atoms with Crippen LogP contribution in [0.5, 0.6) is 0 Å². The Morgan fingerprint density at radius 1 is 0.694 bits per heavy atom. The van der Waals surface area contributed by atoms with Crippen molar-refractivity contribution in [3.8, 4) is 22.3 Å². The summed E-state index contributed by atoms with van der Waals surface area (Å²) in [6, 6.07) is 27.4. The molecule has 0 N–H and O–H groups in total. The number of benzene rings is 4. The summed E-state index contributed by atoms with van der Waals surface area (Å²) in [4.78, 5) is 12.3. The van der Waals surface area contributed by atoms with Gasteiger partial charge in [0.2, 0.25) is 0 Å². The summed E-state index contributed by atoms with van der Waals surface area (Å²) < 4.78 is 0. The van der Waals surface area contributed by atoms with Crippen molar-refractivity contribution in [1.82, 2.24) is 0 Å². The maximum absolute atomic E-state index is 12.5. The van der Waals surface area contributed by atoms with Gasteiger partial charge in [-0.25, -0.2) is 0 Å². The van der Waals surface area contributed by atoms with E-state index in [2.05, 4.69) is 42.5 Å². The van der Waals surface area contributed by atoms with Gasteiger partial charge in [-0.3, -0.25) is 10.1 Å². The third-order valence-electron chi connectivity index (χ3n) is 11.2. The van der Waals surface area contributed by atoms with Crippen LogP contribution in [0.3, 0.4) is 0 Å². The van der Waals surface area contributed by atoms with Gasteiger partial charge in [-0.1, -0.05) is 66.7 Å². The smallest absolute Gasteiger partial charge is 0.258 e. The highest BCUT2D eigenvalue weighted by molar-refractivity contribution is 6.02. The molecule has 4 aromatic rings. The summed E-state index contributed by atoms with van der Waals surface area (Å²) in [6.07, 6.45) is 7.05. The molecule has 0 heterocycles. The lowest BCUT2D eigenvalue weighted by molar-refractivity contribution is -0.382. The first kappa shape index (κ1) is 19.7. The van der Waals surface area contributed by atoms with Crippen molar-refractivity contribution >= 4 is 16.5 Å². The molecule has 4 aromatic carbocycles. The summed E-state index contributed by atoms with van der Waals surface area (Å²) in [5.41, 5.74) is 8.17. The van der Waals surface area contributed by atoms with Crippen LogP contribution in [0.25, 0.3) is 33.0 Å². The Bertz CT molecular complexity index is 1630. The lowest BCUT2D eigenvalue weighted by Crippen LogP contribution is -2.62. The molecule has 9 rings (SSSR count). The first-order valence-corrected chi connectivity index (χ1v) is 13.5. The van der Waals surface area contributed by atoms with Gasteiger partial charge in [0.1, 0.15) is 0 Å². The van der Waals surface area contributed by atoms with Gasteiger partial charge in [-0.2, -0.15) is 0 Å². The Balaban J connectivity index is 1.35. The average molecular weight is 470 g/mol. The van der Waals surface area contributed by atoms with E-state index in [0.717, 1.165) is 40.2 Å². The fourth-order valence-corrected chi connectivity index (χ4v) is 10.6. The number of nitro benzene ring substituents is 1. The van der Waals surface area contributed by atoms with Gasteiger partial charge in [0.25, 0.3) is 5.69 Å². The zero-order chi connectivity index (χ0) is 23.8. The minimum absolute atomic E-state index is 0.0947. The Labute approximate surface area is 210 Å². The van der Waals surface area contributed by atoms with Crippen LogP contribution in [0.1, 0.15) is 43.2 Å². The number of hydrogen-bond acceptors (Lipinski definition) is 2. The minimum atomic E-state index is -0.177. The predicted octanol–water partition coefficient (Wildman–Crippen LogP) is 8.14. The molecule has 3 nitrogen and oxygen atoms in total. The van der Waals surface area contributed by atoms with Gasteiger partial charge in [0.05, 0.1) is 15.9 Å². The molecule has 4 atom stereocenters. The fourth-order valence-electron chi connectivity index (χ4n) is 10.6. The monoisotopic (exact) mass is 469 g/mol. The van der Waals surface area contributed by atoms with Crippen LogP contribution in [-0.4, -0.2) is 4.92 Å². The van der Waals surface area contributed by atoms with Gasteiger partial charge >= 0.3 is 0 Å². The standard InChI is InChI=1S/C33H27NO2/c35-34(36)31-22-7-2-1-6-21(22)12-13-24(31)23-9-5-11-27-30(23)25-8-3-4-10-26(25)33(27)28-15-19-14-20-16-29(33)32(28,17-19)18-20/h1-13,19-20,28-29H,14-18H2. The Morgan fingerprint density at radius 3 is 2.19 bits per heavy atom. The Morgan fingerprint density at radius 2 is 1.39 bits per heavy atom. The third-order valence-corrected chi connectivity index (χ3v) is 11.2. The quantitative estimate of drug-likeness (QED) is 0.220. The van der Waals surface area contributed by atoms with Crippen LogP contribution in [0.2, 0.25) is 0 Å². The number of nitrogens with zero attached hydrogens (tertiary/aromatic N) is 1. The van der Waals surface area contributed by atoms with E-state index in [-0.39, 0.29) is 16.0 Å². The van der Waals surface area contributed by atoms with Crippen molar-refractivity contribution in [1.29, 1.82) is 0 Å². The average Bonchev–Trinajstić information content (AvgIpc) is 3.43. The maximum Gasteiger partial charge on any atom is 0.284 e. The topological polar surface area (TPSA) is 43.1 Å². The summed E-state index contributed by atoms with van der Waals surface area (Å²) in [6.45, 7) is 0. The van der Waals surface area contributed by atoms with Crippen LogP contribution < -0.4 is 0 Å². The van der Waals surface area contributed by atoms with Gasteiger partial charge in [0, 0.05) is 5.41 Å². The zero-order valence-electron chi connectivity index (χ0n) is 20.1. The lowest BCUT2D eigenvalue weighted by atomic mass is 9.38. The minimum Gasteiger partial charge on any atom is -0.258 e. The van der Waals surface area contributed by atoms with Crippen LogP contribution in [0, 0.1) is 39.2 Å². The molecular weight excluding hydrogens is 442 g/mol. The highest BCUT2D eigenvalue weighted by Gasteiger charge is 2.79. The van der Waals surface area contributed by atoms with E-state index in [1.54, 1.807) is 0 Å². The zero-order valence-corrected chi connectivity index (χ0v) is 20.1. The molecule has 0 aromatic heterocycles. The molecule has 4 fully saturated rings. The van der Waals surface area contributed by atoms with Crippen molar-refractivity contribution in [2.45, 2.75) is 37.5 Å². The molecule has 0 radical (unpaired) electrons.